The number of halogens is 1. The zero-order valence-corrected chi connectivity index (χ0v) is 12.0. The minimum atomic E-state index is -0.604. The molecule has 1 amide bonds. The summed E-state index contributed by atoms with van der Waals surface area (Å²) in [6, 6.07) is 10.9. The first-order valence-electron chi connectivity index (χ1n) is 6.20. The van der Waals surface area contributed by atoms with Gasteiger partial charge in [-0.1, -0.05) is 23.7 Å². The predicted octanol–water partition coefficient (Wildman–Crippen LogP) is 3.45. The van der Waals surface area contributed by atoms with Crippen molar-refractivity contribution in [1.29, 1.82) is 0 Å². The van der Waals surface area contributed by atoms with Crippen molar-refractivity contribution < 1.29 is 9.53 Å². The molecule has 0 spiro atoms. The van der Waals surface area contributed by atoms with Gasteiger partial charge < -0.3 is 10.1 Å². The highest BCUT2D eigenvalue weighted by Crippen LogP contribution is 2.15. The van der Waals surface area contributed by atoms with E-state index in [1.165, 1.54) is 6.20 Å². The van der Waals surface area contributed by atoms with Gasteiger partial charge in [0.2, 0.25) is 0 Å². The van der Waals surface area contributed by atoms with E-state index < -0.39 is 6.10 Å². The predicted molar refractivity (Wildman–Crippen MR) is 79.1 cm³/mol. The number of nitrogens with one attached hydrogen (secondary N) is 1. The molecule has 1 aromatic carbocycles. The van der Waals surface area contributed by atoms with E-state index >= 15 is 0 Å². The van der Waals surface area contributed by atoms with E-state index in [2.05, 4.69) is 10.3 Å². The number of amides is 1. The van der Waals surface area contributed by atoms with Gasteiger partial charge in [-0.3, -0.25) is 4.79 Å². The Morgan fingerprint density at radius 2 is 2.15 bits per heavy atom. The fourth-order valence-electron chi connectivity index (χ4n) is 1.64. The Bertz CT molecular complexity index is 599. The van der Waals surface area contributed by atoms with Crippen LogP contribution in [0.15, 0.2) is 42.6 Å². The van der Waals surface area contributed by atoms with Crippen molar-refractivity contribution in [1.82, 2.24) is 4.98 Å². The number of ether oxygens (including phenoxy) is 1. The summed E-state index contributed by atoms with van der Waals surface area (Å²) in [6.07, 6.45) is 0.895. The lowest BCUT2D eigenvalue weighted by atomic mass is 10.2. The number of anilines is 1. The minimum Gasteiger partial charge on any atom is -0.481 e. The lowest BCUT2D eigenvalue weighted by Gasteiger charge is -2.15. The van der Waals surface area contributed by atoms with E-state index in [-0.39, 0.29) is 5.91 Å². The monoisotopic (exact) mass is 290 g/mol. The van der Waals surface area contributed by atoms with Crippen molar-refractivity contribution in [2.24, 2.45) is 0 Å². The maximum Gasteiger partial charge on any atom is 0.265 e. The Hall–Kier alpha value is -2.07. The van der Waals surface area contributed by atoms with Gasteiger partial charge in [-0.2, -0.15) is 0 Å². The highest BCUT2D eigenvalue weighted by atomic mass is 35.5. The van der Waals surface area contributed by atoms with E-state index in [1.807, 2.05) is 31.2 Å². The molecule has 0 saturated heterocycles. The summed E-state index contributed by atoms with van der Waals surface area (Å²) in [4.78, 5) is 15.9. The average molecular weight is 291 g/mol. The van der Waals surface area contributed by atoms with Crippen molar-refractivity contribution in [3.63, 3.8) is 0 Å². The molecule has 1 aromatic heterocycles. The van der Waals surface area contributed by atoms with Crippen molar-refractivity contribution >= 4 is 23.2 Å². The number of pyridine rings is 1. The van der Waals surface area contributed by atoms with Crippen LogP contribution in [-0.2, 0) is 4.79 Å². The van der Waals surface area contributed by atoms with Crippen LogP contribution < -0.4 is 10.1 Å². The Morgan fingerprint density at radius 3 is 2.80 bits per heavy atom. The summed E-state index contributed by atoms with van der Waals surface area (Å²) in [7, 11) is 0. The average Bonchev–Trinajstić information content (AvgIpc) is 2.41. The second-order valence-electron chi connectivity index (χ2n) is 4.44. The van der Waals surface area contributed by atoms with Gasteiger partial charge in [-0.05, 0) is 43.7 Å². The Kier molecular flexibility index (Phi) is 4.58. The molecule has 104 valence electrons. The molecule has 1 atom stereocenters. The number of hydrogen-bond donors (Lipinski definition) is 1. The molecule has 0 aliphatic heterocycles. The molecule has 20 heavy (non-hydrogen) atoms. The number of rotatable bonds is 4. The van der Waals surface area contributed by atoms with Gasteiger partial charge in [0.25, 0.3) is 5.91 Å². The van der Waals surface area contributed by atoms with Crippen LogP contribution in [0.25, 0.3) is 0 Å². The highest BCUT2D eigenvalue weighted by Gasteiger charge is 2.15. The van der Waals surface area contributed by atoms with Gasteiger partial charge in [-0.15, -0.1) is 0 Å². The first kappa shape index (κ1) is 14.3. The standard InChI is InChI=1S/C15H15ClN2O2/c1-10-4-3-5-13(8-10)20-11(2)15(19)18-12-6-7-14(16)17-9-12/h3-9,11H,1-2H3,(H,18,19). The summed E-state index contributed by atoms with van der Waals surface area (Å²) in [5, 5.41) is 3.10. The number of hydrogen-bond acceptors (Lipinski definition) is 3. The van der Waals surface area contributed by atoms with Crippen LogP contribution in [0.1, 0.15) is 12.5 Å². The molecule has 2 aromatic rings. The fraction of sp³-hybridized carbons (Fsp3) is 0.200. The number of benzene rings is 1. The number of aromatic nitrogens is 1. The van der Waals surface area contributed by atoms with Gasteiger partial charge in [0.15, 0.2) is 6.10 Å². The Balaban J connectivity index is 1.96. The number of nitrogens with zero attached hydrogens (tertiary/aromatic N) is 1. The van der Waals surface area contributed by atoms with Gasteiger partial charge in [-0.25, -0.2) is 4.98 Å². The largest absolute Gasteiger partial charge is 0.481 e. The molecular weight excluding hydrogens is 276 g/mol. The van der Waals surface area contributed by atoms with Gasteiger partial charge in [0.05, 0.1) is 11.9 Å². The maximum absolute atomic E-state index is 12.0. The van der Waals surface area contributed by atoms with Crippen LogP contribution >= 0.6 is 11.6 Å². The van der Waals surface area contributed by atoms with Gasteiger partial charge in [0, 0.05) is 0 Å². The lowest BCUT2D eigenvalue weighted by Crippen LogP contribution is -2.30. The van der Waals surface area contributed by atoms with Crippen molar-refractivity contribution in [2.75, 3.05) is 5.32 Å². The third-order valence-corrected chi connectivity index (χ3v) is 2.89. The maximum atomic E-state index is 12.0. The molecule has 1 N–H and O–H groups in total. The molecule has 5 heteroatoms. The van der Waals surface area contributed by atoms with Crippen LogP contribution in [0.5, 0.6) is 5.75 Å². The normalized spacial score (nSPS) is 11.8. The van der Waals surface area contributed by atoms with E-state index in [4.69, 9.17) is 16.3 Å². The molecule has 0 aliphatic rings. The second kappa shape index (κ2) is 6.39. The number of carbonyl (C=O) groups is 1. The molecule has 1 heterocycles. The number of aryl methyl sites for hydroxylation is 1. The van der Waals surface area contributed by atoms with Gasteiger partial charge >= 0.3 is 0 Å². The minimum absolute atomic E-state index is 0.240. The molecule has 0 saturated carbocycles. The Labute approximate surface area is 122 Å². The Morgan fingerprint density at radius 1 is 1.35 bits per heavy atom. The summed E-state index contributed by atoms with van der Waals surface area (Å²) < 4.78 is 5.59. The van der Waals surface area contributed by atoms with Crippen LogP contribution in [0.3, 0.4) is 0 Å². The summed E-state index contributed by atoms with van der Waals surface area (Å²) in [5.41, 5.74) is 1.66. The number of carbonyl (C=O) groups excluding carboxylic acids is 1. The van der Waals surface area contributed by atoms with Crippen molar-refractivity contribution in [3.8, 4) is 5.75 Å². The molecular formula is C15H15ClN2O2. The zero-order valence-electron chi connectivity index (χ0n) is 11.3. The first-order valence-corrected chi connectivity index (χ1v) is 6.58. The van der Waals surface area contributed by atoms with E-state index in [0.717, 1.165) is 5.56 Å². The zero-order chi connectivity index (χ0) is 14.5. The molecule has 0 bridgehead atoms. The van der Waals surface area contributed by atoms with Crippen LogP contribution in [0.2, 0.25) is 5.15 Å². The molecule has 0 aliphatic carbocycles. The summed E-state index contributed by atoms with van der Waals surface area (Å²) in [5.74, 6) is 0.428. The van der Waals surface area contributed by atoms with Crippen molar-refractivity contribution in [3.05, 3.63) is 53.3 Å². The van der Waals surface area contributed by atoms with Crippen molar-refractivity contribution in [2.45, 2.75) is 20.0 Å². The molecule has 0 radical (unpaired) electrons. The van der Waals surface area contributed by atoms with Crippen LogP contribution in [0.4, 0.5) is 5.69 Å². The molecule has 4 nitrogen and oxygen atoms in total. The molecule has 1 unspecified atom stereocenters. The van der Waals surface area contributed by atoms with E-state index in [9.17, 15) is 4.79 Å². The topological polar surface area (TPSA) is 51.2 Å². The lowest BCUT2D eigenvalue weighted by molar-refractivity contribution is -0.122. The third kappa shape index (κ3) is 3.96. The van der Waals surface area contributed by atoms with Crippen LogP contribution in [-0.4, -0.2) is 17.0 Å². The second-order valence-corrected chi connectivity index (χ2v) is 4.82. The SMILES string of the molecule is Cc1cccc(OC(C)C(=O)Nc2ccc(Cl)nc2)c1. The molecule has 0 fully saturated rings. The highest BCUT2D eigenvalue weighted by molar-refractivity contribution is 6.29. The van der Waals surface area contributed by atoms with E-state index in [1.54, 1.807) is 19.1 Å². The summed E-state index contributed by atoms with van der Waals surface area (Å²) >= 11 is 5.68. The first-order chi connectivity index (χ1) is 9.54. The summed E-state index contributed by atoms with van der Waals surface area (Å²) in [6.45, 7) is 3.66. The van der Waals surface area contributed by atoms with E-state index in [0.29, 0.717) is 16.6 Å². The molecule has 2 rings (SSSR count). The fourth-order valence-corrected chi connectivity index (χ4v) is 1.75. The third-order valence-electron chi connectivity index (χ3n) is 2.67. The quantitative estimate of drug-likeness (QED) is 0.878. The smallest absolute Gasteiger partial charge is 0.265 e. The van der Waals surface area contributed by atoms with Gasteiger partial charge in [0.1, 0.15) is 10.9 Å². The van der Waals surface area contributed by atoms with Crippen LogP contribution in [0, 0.1) is 6.92 Å².